The maximum absolute atomic E-state index is 15.2. The van der Waals surface area contributed by atoms with Crippen LogP contribution in [0.3, 0.4) is 0 Å². The maximum Gasteiger partial charge on any atom is 0.413 e. The minimum Gasteiger partial charge on any atom is -0.480 e. The van der Waals surface area contributed by atoms with Gasteiger partial charge >= 0.3 is 6.09 Å². The Labute approximate surface area is 217 Å². The SMILES string of the molecule is COc1cnc(C(=O)Nc2ccc(F)c([C@]3(C)Cn4c(C#N)cnc4C(NC(=O)OC(C)(C)C)=N3)c2)cn1. The summed E-state index contributed by atoms with van der Waals surface area (Å²) in [4.78, 5) is 42.0. The fourth-order valence-electron chi connectivity index (χ4n) is 3.83. The van der Waals surface area contributed by atoms with Crippen LogP contribution in [0.5, 0.6) is 5.88 Å². The van der Waals surface area contributed by atoms with Crippen molar-refractivity contribution in [3.63, 3.8) is 0 Å². The number of alkyl carbamates (subject to hydrolysis) is 1. The second-order valence-electron chi connectivity index (χ2n) is 9.62. The number of nitrogens with one attached hydrogen (secondary N) is 2. The molecule has 0 bridgehead atoms. The number of anilines is 1. The summed E-state index contributed by atoms with van der Waals surface area (Å²) in [7, 11) is 1.43. The average Bonchev–Trinajstić information content (AvgIpc) is 3.26. The average molecular weight is 521 g/mol. The number of imidazole rings is 1. The van der Waals surface area contributed by atoms with Crippen molar-refractivity contribution in [1.29, 1.82) is 5.26 Å². The molecule has 196 valence electrons. The number of ether oxygens (including phenoxy) is 2. The smallest absolute Gasteiger partial charge is 0.413 e. The molecule has 2 N–H and O–H groups in total. The van der Waals surface area contributed by atoms with E-state index in [1.54, 1.807) is 27.7 Å². The van der Waals surface area contributed by atoms with Gasteiger partial charge in [0.2, 0.25) is 5.88 Å². The minimum atomic E-state index is -1.30. The summed E-state index contributed by atoms with van der Waals surface area (Å²) in [5.74, 6) is -0.673. The molecule has 1 atom stereocenters. The first-order valence-electron chi connectivity index (χ1n) is 11.5. The van der Waals surface area contributed by atoms with Crippen LogP contribution in [0.25, 0.3) is 0 Å². The zero-order chi connectivity index (χ0) is 27.7. The lowest BCUT2D eigenvalue weighted by molar-refractivity contribution is 0.0562. The maximum atomic E-state index is 15.2. The van der Waals surface area contributed by atoms with E-state index < -0.39 is 29.0 Å². The molecule has 1 aliphatic rings. The van der Waals surface area contributed by atoms with Crippen LogP contribution in [0.2, 0.25) is 0 Å². The number of halogens is 1. The Morgan fingerprint density at radius 1 is 1.16 bits per heavy atom. The van der Waals surface area contributed by atoms with Crippen LogP contribution in [0.15, 0.2) is 41.8 Å². The van der Waals surface area contributed by atoms with Crippen LogP contribution < -0.4 is 15.4 Å². The van der Waals surface area contributed by atoms with Crippen molar-refractivity contribution in [1.82, 2.24) is 24.8 Å². The lowest BCUT2D eigenvalue weighted by atomic mass is 9.90. The van der Waals surface area contributed by atoms with Crippen molar-refractivity contribution in [2.75, 3.05) is 12.4 Å². The predicted octanol–water partition coefficient (Wildman–Crippen LogP) is 3.15. The number of aliphatic imine (C=N–C) groups is 1. The van der Waals surface area contributed by atoms with E-state index in [1.807, 2.05) is 6.07 Å². The highest BCUT2D eigenvalue weighted by atomic mass is 19.1. The normalized spacial score (nSPS) is 16.5. The van der Waals surface area contributed by atoms with Gasteiger partial charge in [-0.05, 0) is 45.9 Å². The van der Waals surface area contributed by atoms with E-state index >= 15 is 4.39 Å². The summed E-state index contributed by atoms with van der Waals surface area (Å²) >= 11 is 0. The van der Waals surface area contributed by atoms with E-state index in [0.29, 0.717) is 0 Å². The molecule has 38 heavy (non-hydrogen) atoms. The lowest BCUT2D eigenvalue weighted by Crippen LogP contribution is -2.44. The van der Waals surface area contributed by atoms with Crippen molar-refractivity contribution in [2.24, 2.45) is 4.99 Å². The molecule has 4 rings (SSSR count). The van der Waals surface area contributed by atoms with Gasteiger partial charge in [-0.3, -0.25) is 15.1 Å². The zero-order valence-electron chi connectivity index (χ0n) is 21.4. The highest BCUT2D eigenvalue weighted by Gasteiger charge is 2.38. The van der Waals surface area contributed by atoms with Gasteiger partial charge < -0.3 is 19.4 Å². The van der Waals surface area contributed by atoms with Crippen molar-refractivity contribution in [3.8, 4) is 11.9 Å². The van der Waals surface area contributed by atoms with Gasteiger partial charge in [0.1, 0.15) is 34.4 Å². The third-order valence-corrected chi connectivity index (χ3v) is 5.50. The zero-order valence-corrected chi connectivity index (χ0v) is 21.4. The fourth-order valence-corrected chi connectivity index (χ4v) is 3.83. The number of fused-ring (bicyclic) bond motifs is 1. The molecule has 1 aromatic carbocycles. The van der Waals surface area contributed by atoms with Gasteiger partial charge in [0.15, 0.2) is 11.7 Å². The van der Waals surface area contributed by atoms with E-state index in [-0.39, 0.29) is 46.7 Å². The molecular formula is C25H25FN8O4. The number of aromatic nitrogens is 4. The number of amides is 2. The Balaban J connectivity index is 1.69. The van der Waals surface area contributed by atoms with Crippen LogP contribution in [0.4, 0.5) is 14.9 Å². The molecule has 0 aliphatic carbocycles. The van der Waals surface area contributed by atoms with Crippen molar-refractivity contribution in [3.05, 3.63) is 65.4 Å². The number of hydrogen-bond donors (Lipinski definition) is 2. The summed E-state index contributed by atoms with van der Waals surface area (Å²) in [5.41, 5.74) is -1.45. The molecule has 2 amide bonds. The number of hydrogen-bond acceptors (Lipinski definition) is 9. The third-order valence-electron chi connectivity index (χ3n) is 5.50. The number of nitrogens with zero attached hydrogens (tertiary/aromatic N) is 6. The number of amidine groups is 1. The second kappa shape index (κ2) is 9.89. The predicted molar refractivity (Wildman–Crippen MR) is 133 cm³/mol. The quantitative estimate of drug-likeness (QED) is 0.531. The number of carbonyl (C=O) groups is 2. The molecule has 12 nitrogen and oxygen atoms in total. The molecule has 0 saturated carbocycles. The summed E-state index contributed by atoms with van der Waals surface area (Å²) in [5, 5.41) is 14.8. The molecule has 0 fully saturated rings. The summed E-state index contributed by atoms with van der Waals surface area (Å²) in [6.45, 7) is 6.82. The van der Waals surface area contributed by atoms with Gasteiger partial charge in [0.05, 0.1) is 32.2 Å². The van der Waals surface area contributed by atoms with Gasteiger partial charge in [-0.25, -0.2) is 24.1 Å². The van der Waals surface area contributed by atoms with Crippen molar-refractivity contribution in [2.45, 2.75) is 45.4 Å². The molecule has 0 saturated heterocycles. The lowest BCUT2D eigenvalue weighted by Gasteiger charge is -2.33. The largest absolute Gasteiger partial charge is 0.480 e. The molecule has 0 radical (unpaired) electrons. The Morgan fingerprint density at radius 2 is 1.92 bits per heavy atom. The Morgan fingerprint density at radius 3 is 2.55 bits per heavy atom. The minimum absolute atomic E-state index is 0.0110. The Hall–Kier alpha value is -4.86. The first kappa shape index (κ1) is 26.2. The van der Waals surface area contributed by atoms with Crippen LogP contribution in [0, 0.1) is 17.1 Å². The van der Waals surface area contributed by atoms with Gasteiger partial charge in [0.25, 0.3) is 5.91 Å². The number of benzene rings is 1. The molecular weight excluding hydrogens is 495 g/mol. The topological polar surface area (TPSA) is 156 Å². The number of carbonyl (C=O) groups excluding carboxylic acids is 2. The highest BCUT2D eigenvalue weighted by molar-refractivity contribution is 6.05. The molecule has 3 aromatic rings. The number of methoxy groups -OCH3 is 1. The van der Waals surface area contributed by atoms with Crippen molar-refractivity contribution < 1.29 is 23.5 Å². The Kier molecular flexibility index (Phi) is 6.82. The second-order valence-corrected chi connectivity index (χ2v) is 9.62. The number of nitriles is 1. The monoisotopic (exact) mass is 520 g/mol. The Bertz CT molecular complexity index is 1470. The van der Waals surface area contributed by atoms with E-state index in [9.17, 15) is 14.9 Å². The third kappa shape index (κ3) is 5.44. The first-order chi connectivity index (χ1) is 17.9. The van der Waals surface area contributed by atoms with Crippen LogP contribution in [-0.4, -0.2) is 50.1 Å². The fraction of sp³-hybridized carbons (Fsp3) is 0.320. The highest BCUT2D eigenvalue weighted by Crippen LogP contribution is 2.35. The van der Waals surface area contributed by atoms with E-state index in [4.69, 9.17) is 9.47 Å². The van der Waals surface area contributed by atoms with Gasteiger partial charge in [-0.1, -0.05) is 0 Å². The van der Waals surface area contributed by atoms with Crippen LogP contribution in [-0.2, 0) is 16.8 Å². The van der Waals surface area contributed by atoms with E-state index in [1.165, 1.54) is 48.5 Å². The molecule has 3 heterocycles. The molecule has 0 unspecified atom stereocenters. The molecule has 0 spiro atoms. The number of rotatable bonds is 4. The summed E-state index contributed by atoms with van der Waals surface area (Å²) in [6.07, 6.45) is 3.12. The standard InChI is InChI=1S/C25H25FN8O4/c1-24(2,3)38-23(36)32-20-21-30-10-15(9-27)34(21)13-25(4,33-20)16-8-14(6-7-17(16)26)31-22(35)18-11-29-19(37-5)12-28-18/h6-8,10-12H,13H2,1-5H3,(H,31,35)(H,32,33,36)/t25-/m0/s1. The molecule has 13 heteroatoms. The van der Waals surface area contributed by atoms with E-state index in [0.717, 1.165) is 0 Å². The van der Waals surface area contributed by atoms with E-state index in [2.05, 4.69) is 30.6 Å². The van der Waals surface area contributed by atoms with Crippen molar-refractivity contribution >= 4 is 23.5 Å². The van der Waals surface area contributed by atoms with Gasteiger partial charge in [-0.2, -0.15) is 5.26 Å². The first-order valence-corrected chi connectivity index (χ1v) is 11.5. The molecule has 2 aromatic heterocycles. The molecule has 1 aliphatic heterocycles. The van der Waals surface area contributed by atoms with Crippen LogP contribution in [0.1, 0.15) is 55.3 Å². The van der Waals surface area contributed by atoms with Gasteiger partial charge in [-0.15, -0.1) is 0 Å². The van der Waals surface area contributed by atoms with Crippen LogP contribution >= 0.6 is 0 Å². The summed E-state index contributed by atoms with van der Waals surface area (Å²) < 4.78 is 27.0. The summed E-state index contributed by atoms with van der Waals surface area (Å²) in [6, 6.07) is 6.07. The van der Waals surface area contributed by atoms with Gasteiger partial charge in [0, 0.05) is 11.3 Å².